The molecule has 1 saturated heterocycles. The predicted molar refractivity (Wildman–Crippen MR) is 106 cm³/mol. The summed E-state index contributed by atoms with van der Waals surface area (Å²) < 4.78 is 6.72. The number of esters is 1. The molecule has 1 aromatic heterocycles. The molecular formula is C19H25ClN4O3. The number of benzene rings is 1. The van der Waals surface area contributed by atoms with Gasteiger partial charge in [0.2, 0.25) is 5.91 Å². The average molecular weight is 393 g/mol. The molecule has 0 saturated carbocycles. The first-order valence-electron chi connectivity index (χ1n) is 8.94. The van der Waals surface area contributed by atoms with Crippen molar-refractivity contribution in [2.45, 2.75) is 26.7 Å². The van der Waals surface area contributed by atoms with E-state index in [-0.39, 0.29) is 30.2 Å². The van der Waals surface area contributed by atoms with Crippen molar-refractivity contribution in [3.8, 4) is 5.69 Å². The number of hydrogen-bond donors (Lipinski definition) is 2. The molecule has 0 radical (unpaired) electrons. The van der Waals surface area contributed by atoms with Gasteiger partial charge in [0.05, 0.1) is 24.2 Å². The van der Waals surface area contributed by atoms with Crippen molar-refractivity contribution in [3.05, 3.63) is 41.7 Å². The summed E-state index contributed by atoms with van der Waals surface area (Å²) in [6.45, 7) is 5.66. The number of piperidine rings is 1. The summed E-state index contributed by atoms with van der Waals surface area (Å²) in [5, 5.41) is 10.5. The van der Waals surface area contributed by atoms with Crippen LogP contribution in [0.2, 0.25) is 0 Å². The van der Waals surface area contributed by atoms with E-state index in [0.29, 0.717) is 17.9 Å². The van der Waals surface area contributed by atoms with Crippen molar-refractivity contribution >= 4 is 30.0 Å². The van der Waals surface area contributed by atoms with Crippen molar-refractivity contribution in [2.24, 2.45) is 5.92 Å². The maximum Gasteiger partial charge on any atom is 0.341 e. The Labute approximate surface area is 164 Å². The Balaban J connectivity index is 0.00000261. The van der Waals surface area contributed by atoms with Gasteiger partial charge in [-0.2, -0.15) is 5.10 Å². The van der Waals surface area contributed by atoms with Crippen molar-refractivity contribution in [2.75, 3.05) is 25.0 Å². The van der Waals surface area contributed by atoms with Gasteiger partial charge in [0.15, 0.2) is 0 Å². The average Bonchev–Trinajstić information content (AvgIpc) is 3.04. The van der Waals surface area contributed by atoms with E-state index in [2.05, 4.69) is 15.7 Å². The molecule has 3 rings (SSSR count). The standard InChI is InChI=1S/C19H24N4O3.ClH/c1-3-26-19(25)17-12-21-23(13(17)2)16-6-4-5-15(11-16)22-18(24)14-7-9-20-10-8-14;/h4-6,11-12,14,20H,3,7-10H2,1-2H3,(H,22,24);1H. The van der Waals surface area contributed by atoms with Crippen LogP contribution in [0.25, 0.3) is 5.69 Å². The monoisotopic (exact) mass is 392 g/mol. The fourth-order valence-electron chi connectivity index (χ4n) is 3.12. The molecule has 1 aromatic carbocycles. The zero-order valence-corrected chi connectivity index (χ0v) is 16.3. The molecule has 0 bridgehead atoms. The highest BCUT2D eigenvalue weighted by atomic mass is 35.5. The molecule has 0 unspecified atom stereocenters. The van der Waals surface area contributed by atoms with Gasteiger partial charge in [-0.25, -0.2) is 9.48 Å². The third-order valence-corrected chi connectivity index (χ3v) is 4.57. The maximum absolute atomic E-state index is 12.4. The normalized spacial score (nSPS) is 14.3. The fraction of sp³-hybridized carbons (Fsp3) is 0.421. The predicted octanol–water partition coefficient (Wildman–Crippen LogP) is 2.72. The molecule has 27 heavy (non-hydrogen) atoms. The lowest BCUT2D eigenvalue weighted by Gasteiger charge is -2.21. The van der Waals surface area contributed by atoms with Gasteiger partial charge in [-0.15, -0.1) is 12.4 Å². The Kier molecular flexibility index (Phi) is 7.38. The molecule has 7 nitrogen and oxygen atoms in total. The maximum atomic E-state index is 12.4. The highest BCUT2D eigenvalue weighted by Crippen LogP contribution is 2.20. The number of aromatic nitrogens is 2. The number of halogens is 1. The van der Waals surface area contributed by atoms with Crippen LogP contribution in [0.1, 0.15) is 35.8 Å². The number of nitrogens with zero attached hydrogens (tertiary/aromatic N) is 2. The van der Waals surface area contributed by atoms with Crippen LogP contribution in [0, 0.1) is 12.8 Å². The largest absolute Gasteiger partial charge is 0.462 e. The number of carbonyl (C=O) groups excluding carboxylic acids is 2. The van der Waals surface area contributed by atoms with Crippen LogP contribution in [0.3, 0.4) is 0 Å². The quantitative estimate of drug-likeness (QED) is 0.764. The van der Waals surface area contributed by atoms with E-state index in [4.69, 9.17) is 4.74 Å². The third kappa shape index (κ3) is 4.87. The van der Waals surface area contributed by atoms with Crippen LogP contribution >= 0.6 is 12.4 Å². The van der Waals surface area contributed by atoms with Gasteiger partial charge in [-0.3, -0.25) is 4.79 Å². The Morgan fingerprint density at radius 3 is 2.78 bits per heavy atom. The van der Waals surface area contributed by atoms with E-state index in [1.54, 1.807) is 11.6 Å². The minimum Gasteiger partial charge on any atom is -0.462 e. The smallest absolute Gasteiger partial charge is 0.341 e. The Bertz CT molecular complexity index is 800. The molecule has 0 spiro atoms. The van der Waals surface area contributed by atoms with Crippen LogP contribution < -0.4 is 10.6 Å². The molecule has 1 fully saturated rings. The van der Waals surface area contributed by atoms with Crippen molar-refractivity contribution in [1.29, 1.82) is 0 Å². The first-order chi connectivity index (χ1) is 12.6. The molecular weight excluding hydrogens is 368 g/mol. The Morgan fingerprint density at radius 2 is 2.07 bits per heavy atom. The van der Waals surface area contributed by atoms with E-state index in [1.165, 1.54) is 6.20 Å². The van der Waals surface area contributed by atoms with Gasteiger partial charge < -0.3 is 15.4 Å². The molecule has 8 heteroatoms. The summed E-state index contributed by atoms with van der Waals surface area (Å²) in [7, 11) is 0. The first kappa shape index (κ1) is 20.9. The lowest BCUT2D eigenvalue weighted by Crippen LogP contribution is -2.34. The van der Waals surface area contributed by atoms with Crippen LogP contribution in [0.4, 0.5) is 5.69 Å². The molecule has 1 aliphatic heterocycles. The van der Waals surface area contributed by atoms with Crippen LogP contribution in [-0.2, 0) is 9.53 Å². The van der Waals surface area contributed by atoms with Gasteiger partial charge >= 0.3 is 5.97 Å². The molecule has 2 N–H and O–H groups in total. The Hall–Kier alpha value is -2.38. The van der Waals surface area contributed by atoms with Gasteiger partial charge in [-0.1, -0.05) is 6.07 Å². The number of ether oxygens (including phenoxy) is 1. The SMILES string of the molecule is CCOC(=O)c1cnn(-c2cccc(NC(=O)C3CCNCC3)c2)c1C.Cl. The van der Waals surface area contributed by atoms with Gasteiger partial charge in [0.1, 0.15) is 5.56 Å². The van der Waals surface area contributed by atoms with Crippen LogP contribution in [0.15, 0.2) is 30.5 Å². The minimum atomic E-state index is -0.383. The first-order valence-corrected chi connectivity index (χ1v) is 8.94. The van der Waals surface area contributed by atoms with Crippen molar-refractivity contribution in [1.82, 2.24) is 15.1 Å². The number of amides is 1. The third-order valence-electron chi connectivity index (χ3n) is 4.57. The lowest BCUT2D eigenvalue weighted by atomic mass is 9.97. The van der Waals surface area contributed by atoms with Crippen LogP contribution in [0.5, 0.6) is 0 Å². The second-order valence-electron chi connectivity index (χ2n) is 6.34. The molecule has 2 aromatic rings. The molecule has 146 valence electrons. The summed E-state index contributed by atoms with van der Waals surface area (Å²) in [6.07, 6.45) is 3.22. The van der Waals surface area contributed by atoms with E-state index in [9.17, 15) is 9.59 Å². The zero-order valence-electron chi connectivity index (χ0n) is 15.5. The number of carbonyl (C=O) groups is 2. The van der Waals surface area contributed by atoms with Crippen LogP contribution in [-0.4, -0.2) is 41.4 Å². The summed E-state index contributed by atoms with van der Waals surface area (Å²) >= 11 is 0. The lowest BCUT2D eigenvalue weighted by molar-refractivity contribution is -0.120. The van der Waals surface area contributed by atoms with Gasteiger partial charge in [0.25, 0.3) is 0 Å². The number of hydrogen-bond acceptors (Lipinski definition) is 5. The number of rotatable bonds is 5. The highest BCUT2D eigenvalue weighted by Gasteiger charge is 2.21. The van der Waals surface area contributed by atoms with Gasteiger partial charge in [0, 0.05) is 11.6 Å². The minimum absolute atomic E-state index is 0. The summed E-state index contributed by atoms with van der Waals surface area (Å²) in [4.78, 5) is 24.4. The van der Waals surface area contributed by atoms with E-state index >= 15 is 0 Å². The van der Waals surface area contributed by atoms with E-state index < -0.39 is 0 Å². The molecule has 0 aliphatic carbocycles. The van der Waals surface area contributed by atoms with Crippen molar-refractivity contribution < 1.29 is 14.3 Å². The van der Waals surface area contributed by atoms with Crippen molar-refractivity contribution in [3.63, 3.8) is 0 Å². The molecule has 1 aliphatic rings. The van der Waals surface area contributed by atoms with E-state index in [1.807, 2.05) is 31.2 Å². The highest BCUT2D eigenvalue weighted by molar-refractivity contribution is 5.93. The summed E-state index contributed by atoms with van der Waals surface area (Å²) in [5.41, 5.74) is 2.64. The second-order valence-corrected chi connectivity index (χ2v) is 6.34. The Morgan fingerprint density at radius 1 is 1.33 bits per heavy atom. The number of nitrogens with one attached hydrogen (secondary N) is 2. The molecule has 0 atom stereocenters. The van der Waals surface area contributed by atoms with Gasteiger partial charge in [-0.05, 0) is 58.0 Å². The second kappa shape index (κ2) is 9.53. The topological polar surface area (TPSA) is 85.2 Å². The zero-order chi connectivity index (χ0) is 18.5. The molecule has 2 heterocycles. The number of anilines is 1. The molecule has 1 amide bonds. The van der Waals surface area contributed by atoms with E-state index in [0.717, 1.165) is 37.3 Å². The fourth-order valence-corrected chi connectivity index (χ4v) is 3.12. The summed E-state index contributed by atoms with van der Waals surface area (Å²) in [5.74, 6) is -0.290. The summed E-state index contributed by atoms with van der Waals surface area (Å²) in [6, 6.07) is 7.45.